The lowest BCUT2D eigenvalue weighted by atomic mass is 10.1. The van der Waals surface area contributed by atoms with Crippen LogP contribution in [0.1, 0.15) is 18.1 Å². The molecule has 21 heavy (non-hydrogen) atoms. The highest BCUT2D eigenvalue weighted by Gasteiger charge is 2.31. The Labute approximate surface area is 121 Å². The van der Waals surface area contributed by atoms with Crippen molar-refractivity contribution in [1.29, 1.82) is 0 Å². The number of hydrogen-bond donors (Lipinski definition) is 0. The number of hydrogen-bond acceptors (Lipinski definition) is 2. The van der Waals surface area contributed by atoms with Gasteiger partial charge in [0.05, 0.1) is 12.7 Å². The molecule has 0 amide bonds. The molecule has 5 heteroatoms. The van der Waals surface area contributed by atoms with Crippen molar-refractivity contribution in [3.8, 4) is 17.2 Å². The average Bonchev–Trinajstić information content (AvgIpc) is 2.47. The first-order chi connectivity index (χ1) is 9.94. The Morgan fingerprint density at radius 3 is 2.10 bits per heavy atom. The van der Waals surface area contributed by atoms with Crippen LogP contribution in [0.5, 0.6) is 17.2 Å². The lowest BCUT2D eigenvalue weighted by Crippen LogP contribution is -2.05. The highest BCUT2D eigenvalue weighted by atomic mass is 19.4. The van der Waals surface area contributed by atoms with Crippen LogP contribution in [-0.4, -0.2) is 7.11 Å². The van der Waals surface area contributed by atoms with Gasteiger partial charge < -0.3 is 9.47 Å². The minimum atomic E-state index is -4.34. The summed E-state index contributed by atoms with van der Waals surface area (Å²) in [5, 5.41) is 0. The molecule has 0 radical (unpaired) electrons. The normalized spacial score (nSPS) is 11.3. The summed E-state index contributed by atoms with van der Waals surface area (Å²) in [5.41, 5.74) is -0.151. The highest BCUT2D eigenvalue weighted by Crippen LogP contribution is 2.34. The smallest absolute Gasteiger partial charge is 0.416 e. The van der Waals surface area contributed by atoms with Crippen LogP contribution >= 0.6 is 0 Å². The zero-order valence-electron chi connectivity index (χ0n) is 11.7. The number of rotatable bonds is 4. The summed E-state index contributed by atoms with van der Waals surface area (Å²) in [7, 11) is 1.56. The quantitative estimate of drug-likeness (QED) is 0.784. The van der Waals surface area contributed by atoms with Gasteiger partial charge in [-0.3, -0.25) is 0 Å². The molecule has 0 fully saturated rings. The molecule has 0 atom stereocenters. The molecule has 2 aromatic carbocycles. The van der Waals surface area contributed by atoms with E-state index in [4.69, 9.17) is 9.47 Å². The van der Waals surface area contributed by atoms with Crippen molar-refractivity contribution < 1.29 is 22.6 Å². The first kappa shape index (κ1) is 15.2. The summed E-state index contributed by atoms with van der Waals surface area (Å²) in [4.78, 5) is 0. The molecule has 0 heterocycles. The predicted octanol–water partition coefficient (Wildman–Crippen LogP) is 5.07. The minimum absolute atomic E-state index is 0.427. The van der Waals surface area contributed by atoms with Crippen LogP contribution in [0.15, 0.2) is 42.5 Å². The maximum absolute atomic E-state index is 12.7. The number of benzene rings is 2. The van der Waals surface area contributed by atoms with Gasteiger partial charge in [0.1, 0.15) is 17.2 Å². The largest absolute Gasteiger partial charge is 0.497 e. The van der Waals surface area contributed by atoms with E-state index in [1.807, 2.05) is 0 Å². The number of aryl methyl sites for hydroxylation is 1. The molecule has 112 valence electrons. The first-order valence-electron chi connectivity index (χ1n) is 6.46. The molecular formula is C16H15F3O2. The summed E-state index contributed by atoms with van der Waals surface area (Å²) < 4.78 is 48.8. The molecular weight excluding hydrogens is 281 g/mol. The summed E-state index contributed by atoms with van der Waals surface area (Å²) in [5.74, 6) is 1.66. The molecule has 2 aromatic rings. The van der Waals surface area contributed by atoms with E-state index in [0.717, 1.165) is 12.1 Å². The van der Waals surface area contributed by atoms with Gasteiger partial charge in [-0.1, -0.05) is 6.92 Å². The van der Waals surface area contributed by atoms with Crippen molar-refractivity contribution in [2.24, 2.45) is 0 Å². The van der Waals surface area contributed by atoms with E-state index >= 15 is 0 Å². The van der Waals surface area contributed by atoms with Crippen LogP contribution in [0.25, 0.3) is 0 Å². The van der Waals surface area contributed by atoms with Crippen molar-refractivity contribution >= 4 is 0 Å². The molecule has 2 rings (SSSR count). The molecule has 0 aliphatic heterocycles. The average molecular weight is 296 g/mol. The fourth-order valence-electron chi connectivity index (χ4n) is 1.90. The number of ether oxygens (including phenoxy) is 2. The van der Waals surface area contributed by atoms with Crippen molar-refractivity contribution in [2.75, 3.05) is 7.11 Å². The van der Waals surface area contributed by atoms with Gasteiger partial charge in [0.25, 0.3) is 0 Å². The van der Waals surface area contributed by atoms with Gasteiger partial charge in [0.2, 0.25) is 0 Å². The highest BCUT2D eigenvalue weighted by molar-refractivity contribution is 5.42. The van der Waals surface area contributed by atoms with Gasteiger partial charge >= 0.3 is 6.18 Å². The Morgan fingerprint density at radius 2 is 1.57 bits per heavy atom. The van der Waals surface area contributed by atoms with E-state index in [2.05, 4.69) is 0 Å². The van der Waals surface area contributed by atoms with E-state index in [1.54, 1.807) is 38.3 Å². The zero-order valence-corrected chi connectivity index (χ0v) is 11.7. The SMILES string of the molecule is CCc1cc(C(F)(F)F)ccc1Oc1ccc(OC)cc1. The summed E-state index contributed by atoms with van der Waals surface area (Å²) in [6.07, 6.45) is -3.89. The molecule has 0 aliphatic rings. The standard InChI is InChI=1S/C16H15F3O2/c1-3-11-10-12(16(17,18)19)4-9-15(11)21-14-7-5-13(20-2)6-8-14/h4-10H,3H2,1-2H3. The topological polar surface area (TPSA) is 18.5 Å². The molecule has 0 aromatic heterocycles. The molecule has 0 aliphatic carbocycles. The van der Waals surface area contributed by atoms with Crippen molar-refractivity contribution in [1.82, 2.24) is 0 Å². The maximum Gasteiger partial charge on any atom is 0.416 e. The van der Waals surface area contributed by atoms with Crippen LogP contribution in [0.4, 0.5) is 13.2 Å². The lowest BCUT2D eigenvalue weighted by Gasteiger charge is -2.13. The molecule has 0 unspecified atom stereocenters. The second-order valence-electron chi connectivity index (χ2n) is 4.45. The van der Waals surface area contributed by atoms with Crippen LogP contribution < -0.4 is 9.47 Å². The van der Waals surface area contributed by atoms with Gasteiger partial charge in [0, 0.05) is 0 Å². The van der Waals surface area contributed by atoms with Gasteiger partial charge in [-0.05, 0) is 54.4 Å². The van der Waals surface area contributed by atoms with E-state index in [1.165, 1.54) is 6.07 Å². The zero-order chi connectivity index (χ0) is 15.5. The number of methoxy groups -OCH3 is 1. The predicted molar refractivity (Wildman–Crippen MR) is 73.9 cm³/mol. The van der Waals surface area contributed by atoms with E-state index in [0.29, 0.717) is 29.2 Å². The number of halogens is 3. The van der Waals surface area contributed by atoms with Crippen molar-refractivity contribution in [3.05, 3.63) is 53.6 Å². The monoisotopic (exact) mass is 296 g/mol. The molecule has 0 spiro atoms. The summed E-state index contributed by atoms with van der Waals surface area (Å²) in [6.45, 7) is 1.79. The van der Waals surface area contributed by atoms with Gasteiger partial charge in [-0.25, -0.2) is 0 Å². The molecule has 0 saturated heterocycles. The molecule has 0 bridgehead atoms. The summed E-state index contributed by atoms with van der Waals surface area (Å²) in [6, 6.07) is 10.4. The third kappa shape index (κ3) is 3.68. The Hall–Kier alpha value is -2.17. The van der Waals surface area contributed by atoms with Crippen molar-refractivity contribution in [3.63, 3.8) is 0 Å². The number of alkyl halides is 3. The Bertz CT molecular complexity index is 604. The van der Waals surface area contributed by atoms with E-state index < -0.39 is 11.7 Å². The Balaban J connectivity index is 2.26. The Morgan fingerprint density at radius 1 is 0.952 bits per heavy atom. The van der Waals surface area contributed by atoms with Crippen LogP contribution in [0.2, 0.25) is 0 Å². The Kier molecular flexibility index (Phi) is 4.40. The minimum Gasteiger partial charge on any atom is -0.497 e. The maximum atomic E-state index is 12.7. The van der Waals surface area contributed by atoms with Gasteiger partial charge in [-0.2, -0.15) is 13.2 Å². The molecule has 0 saturated carbocycles. The molecule has 0 N–H and O–H groups in total. The third-order valence-electron chi connectivity index (χ3n) is 3.06. The van der Waals surface area contributed by atoms with Crippen LogP contribution in [0.3, 0.4) is 0 Å². The fraction of sp³-hybridized carbons (Fsp3) is 0.250. The van der Waals surface area contributed by atoms with E-state index in [9.17, 15) is 13.2 Å². The second kappa shape index (κ2) is 6.08. The van der Waals surface area contributed by atoms with Crippen LogP contribution in [0, 0.1) is 0 Å². The third-order valence-corrected chi connectivity index (χ3v) is 3.06. The fourth-order valence-corrected chi connectivity index (χ4v) is 1.90. The molecule has 2 nitrogen and oxygen atoms in total. The van der Waals surface area contributed by atoms with Gasteiger partial charge in [0.15, 0.2) is 0 Å². The second-order valence-corrected chi connectivity index (χ2v) is 4.45. The van der Waals surface area contributed by atoms with Gasteiger partial charge in [-0.15, -0.1) is 0 Å². The van der Waals surface area contributed by atoms with E-state index in [-0.39, 0.29) is 0 Å². The van der Waals surface area contributed by atoms with Crippen LogP contribution in [-0.2, 0) is 12.6 Å². The lowest BCUT2D eigenvalue weighted by molar-refractivity contribution is -0.137. The summed E-state index contributed by atoms with van der Waals surface area (Å²) >= 11 is 0. The first-order valence-corrected chi connectivity index (χ1v) is 6.46. The van der Waals surface area contributed by atoms with Crippen molar-refractivity contribution in [2.45, 2.75) is 19.5 Å².